The van der Waals surface area contributed by atoms with E-state index in [-0.39, 0.29) is 5.49 Å². The number of aromatic amines is 1. The lowest BCUT2D eigenvalue weighted by Crippen LogP contribution is -2.40. The molecule has 2 aromatic rings. The normalized spacial score (nSPS) is 10.8. The van der Waals surface area contributed by atoms with Gasteiger partial charge in [0.2, 0.25) is 0 Å². The van der Waals surface area contributed by atoms with E-state index in [2.05, 4.69) is 10.1 Å². The van der Waals surface area contributed by atoms with Gasteiger partial charge < -0.3 is 5.84 Å². The number of aryl methyl sites for hydroxylation is 1. The molecule has 13 heavy (non-hydrogen) atoms. The van der Waals surface area contributed by atoms with Gasteiger partial charge in [-0.3, -0.25) is 15.1 Å². The van der Waals surface area contributed by atoms with E-state index in [0.29, 0.717) is 11.0 Å². The zero-order valence-corrected chi connectivity index (χ0v) is 6.90. The van der Waals surface area contributed by atoms with Crippen LogP contribution in [0, 0.1) is 5.41 Å². The second-order valence-corrected chi connectivity index (χ2v) is 2.71. The summed E-state index contributed by atoms with van der Waals surface area (Å²) in [5, 5.41) is 12.0. The third kappa shape index (κ3) is 0.934. The Morgan fingerprint density at radius 3 is 3.08 bits per heavy atom. The number of rotatable bonds is 0. The molecule has 0 unspecified atom stereocenters. The summed E-state index contributed by atoms with van der Waals surface area (Å²) in [6, 6.07) is 0. The standard InChI is InChI=1S/C6H8N6O/c1-11-2-3-4(7)12(8)6(13)9-5(3)10-11/h2,7H,8H2,1H3,(H,9,10,13). The van der Waals surface area contributed by atoms with E-state index in [1.165, 1.54) is 4.68 Å². The van der Waals surface area contributed by atoms with E-state index in [1.807, 2.05) is 0 Å². The minimum absolute atomic E-state index is 0.0492. The fourth-order valence-corrected chi connectivity index (χ4v) is 1.15. The van der Waals surface area contributed by atoms with Gasteiger partial charge in [-0.1, -0.05) is 0 Å². The van der Waals surface area contributed by atoms with Crippen molar-refractivity contribution in [1.29, 1.82) is 5.41 Å². The highest BCUT2D eigenvalue weighted by Crippen LogP contribution is 1.98. The molecule has 0 aliphatic carbocycles. The third-order valence-corrected chi connectivity index (χ3v) is 1.77. The van der Waals surface area contributed by atoms with Gasteiger partial charge in [0, 0.05) is 13.2 Å². The Hall–Kier alpha value is -2.05. The van der Waals surface area contributed by atoms with Crippen molar-refractivity contribution in [1.82, 2.24) is 19.4 Å². The van der Waals surface area contributed by atoms with E-state index < -0.39 is 5.69 Å². The fourth-order valence-electron chi connectivity index (χ4n) is 1.15. The predicted molar refractivity (Wildman–Crippen MR) is 45.3 cm³/mol. The van der Waals surface area contributed by atoms with Crippen LogP contribution in [-0.2, 0) is 7.05 Å². The molecular weight excluding hydrogens is 172 g/mol. The summed E-state index contributed by atoms with van der Waals surface area (Å²) in [6.07, 6.45) is 1.62. The molecule has 0 amide bonds. The summed E-state index contributed by atoms with van der Waals surface area (Å²) in [7, 11) is 1.71. The number of nitrogens with one attached hydrogen (secondary N) is 2. The summed E-state index contributed by atoms with van der Waals surface area (Å²) in [4.78, 5) is 13.5. The summed E-state index contributed by atoms with van der Waals surface area (Å²) in [5.41, 5.74) is -0.220. The quantitative estimate of drug-likeness (QED) is 0.419. The largest absolute Gasteiger partial charge is 0.347 e. The number of H-pyrrole nitrogens is 1. The molecule has 0 bridgehead atoms. The van der Waals surface area contributed by atoms with Crippen molar-refractivity contribution in [3.63, 3.8) is 0 Å². The molecule has 2 heterocycles. The van der Waals surface area contributed by atoms with Gasteiger partial charge >= 0.3 is 5.69 Å². The van der Waals surface area contributed by atoms with E-state index >= 15 is 0 Å². The van der Waals surface area contributed by atoms with Gasteiger partial charge in [0.15, 0.2) is 11.1 Å². The van der Waals surface area contributed by atoms with Crippen molar-refractivity contribution < 1.29 is 0 Å². The van der Waals surface area contributed by atoms with Crippen LogP contribution in [0.3, 0.4) is 0 Å². The van der Waals surface area contributed by atoms with Crippen LogP contribution in [-0.4, -0.2) is 19.4 Å². The highest BCUT2D eigenvalue weighted by Gasteiger charge is 2.04. The van der Waals surface area contributed by atoms with E-state index in [4.69, 9.17) is 11.3 Å². The molecule has 2 rings (SSSR count). The molecule has 7 heteroatoms. The molecule has 0 saturated heterocycles. The molecule has 0 spiro atoms. The van der Waals surface area contributed by atoms with Gasteiger partial charge in [0.05, 0.1) is 5.39 Å². The van der Waals surface area contributed by atoms with Crippen LogP contribution in [0.4, 0.5) is 0 Å². The SMILES string of the molecule is Cn1cc2c(=N)n(N)c(=O)[nH]c2n1. The molecule has 0 radical (unpaired) electrons. The Labute approximate surface area is 71.9 Å². The van der Waals surface area contributed by atoms with Crippen molar-refractivity contribution in [2.75, 3.05) is 5.84 Å². The zero-order chi connectivity index (χ0) is 9.59. The first-order valence-corrected chi connectivity index (χ1v) is 3.58. The lowest BCUT2D eigenvalue weighted by atomic mass is 10.4. The van der Waals surface area contributed by atoms with E-state index in [0.717, 1.165) is 4.68 Å². The van der Waals surface area contributed by atoms with Crippen LogP contribution >= 0.6 is 0 Å². The number of nitrogen functional groups attached to an aromatic ring is 1. The summed E-state index contributed by atoms with van der Waals surface area (Å²) >= 11 is 0. The summed E-state index contributed by atoms with van der Waals surface area (Å²) < 4.78 is 2.25. The van der Waals surface area contributed by atoms with Gasteiger partial charge in [0.25, 0.3) is 0 Å². The average Bonchev–Trinajstić information content (AvgIpc) is 2.42. The van der Waals surface area contributed by atoms with Gasteiger partial charge in [-0.2, -0.15) is 9.77 Å². The summed E-state index contributed by atoms with van der Waals surface area (Å²) in [6.45, 7) is 0. The number of nitrogens with zero attached hydrogens (tertiary/aromatic N) is 3. The van der Waals surface area contributed by atoms with Crippen LogP contribution in [0.1, 0.15) is 0 Å². The first kappa shape index (κ1) is 7.59. The van der Waals surface area contributed by atoms with Gasteiger partial charge in [-0.25, -0.2) is 4.79 Å². The first-order chi connectivity index (χ1) is 6.09. The maximum Gasteiger partial charge on any atom is 0.347 e. The number of nitrogens with two attached hydrogens (primary N) is 1. The zero-order valence-electron chi connectivity index (χ0n) is 6.90. The molecule has 7 nitrogen and oxygen atoms in total. The van der Waals surface area contributed by atoms with Crippen LogP contribution in [0.15, 0.2) is 11.0 Å². The lowest BCUT2D eigenvalue weighted by Gasteiger charge is -1.95. The smallest absolute Gasteiger partial charge is 0.333 e. The van der Waals surface area contributed by atoms with Crippen LogP contribution in [0.25, 0.3) is 11.0 Å². The van der Waals surface area contributed by atoms with Crippen molar-refractivity contribution in [2.24, 2.45) is 7.05 Å². The minimum Gasteiger partial charge on any atom is -0.333 e. The molecule has 0 atom stereocenters. The van der Waals surface area contributed by atoms with Gasteiger partial charge in [-0.05, 0) is 0 Å². The molecular formula is C6H8N6O. The topological polar surface area (TPSA) is 105 Å². The Kier molecular flexibility index (Phi) is 1.30. The number of fused-ring (bicyclic) bond motifs is 1. The maximum absolute atomic E-state index is 11.1. The van der Waals surface area contributed by atoms with E-state index in [9.17, 15) is 4.79 Å². The second kappa shape index (κ2) is 2.22. The molecule has 68 valence electrons. The summed E-state index contributed by atoms with van der Waals surface area (Å²) in [5.74, 6) is 5.31. The van der Waals surface area contributed by atoms with Crippen molar-refractivity contribution in [2.45, 2.75) is 0 Å². The number of aromatic nitrogens is 4. The highest BCUT2D eigenvalue weighted by atomic mass is 16.1. The lowest BCUT2D eigenvalue weighted by molar-refractivity contribution is 0.772. The molecule has 0 saturated carbocycles. The molecule has 0 fully saturated rings. The van der Waals surface area contributed by atoms with Crippen LogP contribution in [0.2, 0.25) is 0 Å². The molecule has 2 aromatic heterocycles. The highest BCUT2D eigenvalue weighted by molar-refractivity contribution is 5.71. The molecule has 0 aliphatic heterocycles. The minimum atomic E-state index is -0.545. The van der Waals surface area contributed by atoms with Crippen LogP contribution in [0.5, 0.6) is 0 Å². The maximum atomic E-state index is 11.1. The van der Waals surface area contributed by atoms with Gasteiger partial charge in [-0.15, -0.1) is 0 Å². The Morgan fingerprint density at radius 2 is 2.38 bits per heavy atom. The average molecular weight is 180 g/mol. The van der Waals surface area contributed by atoms with Gasteiger partial charge in [0.1, 0.15) is 0 Å². The van der Waals surface area contributed by atoms with Crippen LogP contribution < -0.4 is 17.0 Å². The molecule has 4 N–H and O–H groups in total. The monoisotopic (exact) mass is 180 g/mol. The Bertz CT molecular complexity index is 573. The fraction of sp³-hybridized carbons (Fsp3) is 0.167. The molecule has 0 aromatic carbocycles. The van der Waals surface area contributed by atoms with E-state index in [1.54, 1.807) is 13.2 Å². The van der Waals surface area contributed by atoms with Crippen molar-refractivity contribution in [3.8, 4) is 0 Å². The third-order valence-electron chi connectivity index (χ3n) is 1.77. The number of hydrogen-bond donors (Lipinski definition) is 3. The second-order valence-electron chi connectivity index (χ2n) is 2.71. The van der Waals surface area contributed by atoms with Crippen molar-refractivity contribution >= 4 is 11.0 Å². The molecule has 0 aliphatic rings. The number of hydrogen-bond acceptors (Lipinski definition) is 4. The Balaban J connectivity index is 3.10. The van der Waals surface area contributed by atoms with Crippen molar-refractivity contribution in [3.05, 3.63) is 22.2 Å². The first-order valence-electron chi connectivity index (χ1n) is 3.58. The Morgan fingerprint density at radius 1 is 1.69 bits per heavy atom. The predicted octanol–water partition coefficient (Wildman–Crippen LogP) is -1.74.